The Balaban J connectivity index is 2.14. The van der Waals surface area contributed by atoms with Crippen LogP contribution in [0.3, 0.4) is 0 Å². The first-order valence-corrected chi connectivity index (χ1v) is 4.87. The van der Waals surface area contributed by atoms with Gasteiger partial charge < -0.3 is 5.32 Å². The fraction of sp³-hybridized carbons (Fsp3) is 0.400. The molecular formula is C10H12ClN2. The van der Waals surface area contributed by atoms with Crippen molar-refractivity contribution in [2.75, 3.05) is 19.6 Å². The second kappa shape index (κ2) is 4.09. The molecule has 1 aromatic rings. The van der Waals surface area contributed by atoms with E-state index in [0.717, 1.165) is 24.7 Å². The van der Waals surface area contributed by atoms with Gasteiger partial charge in [-0.05, 0) is 17.7 Å². The number of piperazine rings is 1. The van der Waals surface area contributed by atoms with Crippen LogP contribution >= 0.6 is 11.6 Å². The number of halogens is 1. The van der Waals surface area contributed by atoms with E-state index in [4.69, 9.17) is 11.6 Å². The summed E-state index contributed by atoms with van der Waals surface area (Å²) >= 11 is 5.90. The van der Waals surface area contributed by atoms with Crippen LogP contribution in [0, 0.1) is 0 Å². The lowest BCUT2D eigenvalue weighted by Gasteiger charge is -2.23. The lowest BCUT2D eigenvalue weighted by molar-refractivity contribution is 0.421. The Morgan fingerprint density at radius 2 is 2.38 bits per heavy atom. The predicted octanol–water partition coefficient (Wildman–Crippen LogP) is 1.59. The third-order valence-corrected chi connectivity index (χ3v) is 2.44. The van der Waals surface area contributed by atoms with Gasteiger partial charge in [-0.1, -0.05) is 23.7 Å². The molecule has 1 fully saturated rings. The van der Waals surface area contributed by atoms with Crippen LogP contribution in [0.4, 0.5) is 0 Å². The summed E-state index contributed by atoms with van der Waals surface area (Å²) in [5.41, 5.74) is 1.21. The number of hydrogen-bond donors (Lipinski definition) is 1. The highest BCUT2D eigenvalue weighted by Gasteiger charge is 2.15. The van der Waals surface area contributed by atoms with E-state index in [1.54, 1.807) is 0 Å². The van der Waals surface area contributed by atoms with Gasteiger partial charge in [-0.15, -0.1) is 0 Å². The van der Waals surface area contributed by atoms with E-state index in [2.05, 4.69) is 16.7 Å². The van der Waals surface area contributed by atoms with Crippen LogP contribution in [0.5, 0.6) is 0 Å². The molecule has 0 spiro atoms. The average molecular weight is 196 g/mol. The molecule has 0 aliphatic carbocycles. The fourth-order valence-corrected chi connectivity index (χ4v) is 1.74. The maximum absolute atomic E-state index is 5.90. The lowest BCUT2D eigenvalue weighted by atomic mass is 10.1. The molecule has 1 unspecified atom stereocenters. The molecule has 2 nitrogen and oxygen atoms in total. The molecule has 2 rings (SSSR count). The van der Waals surface area contributed by atoms with Crippen molar-refractivity contribution in [2.45, 2.75) is 6.04 Å². The first-order chi connectivity index (χ1) is 6.36. The molecule has 1 aromatic carbocycles. The monoisotopic (exact) mass is 195 g/mol. The van der Waals surface area contributed by atoms with E-state index >= 15 is 0 Å². The zero-order valence-electron chi connectivity index (χ0n) is 7.33. The van der Waals surface area contributed by atoms with Crippen molar-refractivity contribution in [3.8, 4) is 0 Å². The van der Waals surface area contributed by atoms with Crippen LogP contribution in [0.15, 0.2) is 24.3 Å². The molecule has 0 bridgehead atoms. The third kappa shape index (κ3) is 2.21. The summed E-state index contributed by atoms with van der Waals surface area (Å²) in [4.78, 5) is 0. The summed E-state index contributed by atoms with van der Waals surface area (Å²) in [7, 11) is 0. The molecule has 3 heteroatoms. The minimum absolute atomic E-state index is 0.285. The molecule has 13 heavy (non-hydrogen) atoms. The van der Waals surface area contributed by atoms with Crippen molar-refractivity contribution < 1.29 is 0 Å². The van der Waals surface area contributed by atoms with Gasteiger partial charge in [0.05, 0.1) is 6.04 Å². The Bertz CT molecular complexity index is 282. The van der Waals surface area contributed by atoms with Crippen molar-refractivity contribution in [2.24, 2.45) is 0 Å². The highest BCUT2D eigenvalue weighted by atomic mass is 35.5. The summed E-state index contributed by atoms with van der Waals surface area (Å²) in [5.74, 6) is 0. The molecule has 1 radical (unpaired) electrons. The molecule has 69 valence electrons. The van der Waals surface area contributed by atoms with Gasteiger partial charge in [0.1, 0.15) is 0 Å². The van der Waals surface area contributed by atoms with E-state index < -0.39 is 0 Å². The van der Waals surface area contributed by atoms with Gasteiger partial charge in [-0.2, -0.15) is 0 Å². The quantitative estimate of drug-likeness (QED) is 0.724. The highest BCUT2D eigenvalue weighted by molar-refractivity contribution is 6.30. The van der Waals surface area contributed by atoms with Crippen LogP contribution < -0.4 is 10.6 Å². The molecule has 1 atom stereocenters. The van der Waals surface area contributed by atoms with E-state index in [-0.39, 0.29) is 6.04 Å². The topological polar surface area (TPSA) is 26.1 Å². The van der Waals surface area contributed by atoms with Gasteiger partial charge in [0.25, 0.3) is 0 Å². The number of nitrogens with zero attached hydrogens (tertiary/aromatic N) is 1. The van der Waals surface area contributed by atoms with E-state index in [0.29, 0.717) is 0 Å². The Morgan fingerprint density at radius 1 is 1.46 bits per heavy atom. The van der Waals surface area contributed by atoms with Crippen LogP contribution in [0.2, 0.25) is 5.02 Å². The molecular weight excluding hydrogens is 184 g/mol. The van der Waals surface area contributed by atoms with Crippen LogP contribution in [-0.2, 0) is 0 Å². The van der Waals surface area contributed by atoms with E-state index in [1.165, 1.54) is 5.56 Å². The second-order valence-corrected chi connectivity index (χ2v) is 3.62. The zero-order valence-corrected chi connectivity index (χ0v) is 8.09. The molecule has 1 aliphatic heterocycles. The maximum atomic E-state index is 5.90. The minimum atomic E-state index is 0.285. The van der Waals surface area contributed by atoms with Gasteiger partial charge in [0, 0.05) is 24.7 Å². The largest absolute Gasteiger partial charge is 0.313 e. The number of hydrogen-bond acceptors (Lipinski definition) is 1. The summed E-state index contributed by atoms with van der Waals surface area (Å²) in [6.07, 6.45) is 0. The Morgan fingerprint density at radius 3 is 3.08 bits per heavy atom. The standard InChI is InChI=1S/C10H12ClN2/c11-9-3-1-2-8(6-9)10-7-12-4-5-13-10/h1-3,6,10,12H,4-5,7H2. The molecule has 1 N–H and O–H groups in total. The fourth-order valence-electron chi connectivity index (χ4n) is 1.54. The molecule has 1 saturated heterocycles. The minimum Gasteiger partial charge on any atom is -0.313 e. The van der Waals surface area contributed by atoms with Crippen LogP contribution in [-0.4, -0.2) is 19.6 Å². The summed E-state index contributed by atoms with van der Waals surface area (Å²) < 4.78 is 0. The average Bonchev–Trinajstić information content (AvgIpc) is 2.19. The van der Waals surface area contributed by atoms with Gasteiger partial charge in [-0.3, -0.25) is 0 Å². The normalized spacial score (nSPS) is 23.0. The SMILES string of the molecule is Clc1cccc(C2CNCC[N]2)c1. The predicted molar refractivity (Wildman–Crippen MR) is 54.1 cm³/mol. The first-order valence-electron chi connectivity index (χ1n) is 4.49. The molecule has 0 amide bonds. The van der Waals surface area contributed by atoms with Gasteiger partial charge in [-0.25, -0.2) is 5.32 Å². The van der Waals surface area contributed by atoms with E-state index in [9.17, 15) is 0 Å². The Kier molecular flexibility index (Phi) is 2.83. The summed E-state index contributed by atoms with van der Waals surface area (Å²) in [5, 5.41) is 8.63. The number of rotatable bonds is 1. The number of benzene rings is 1. The lowest BCUT2D eigenvalue weighted by Crippen LogP contribution is -2.38. The van der Waals surface area contributed by atoms with E-state index in [1.807, 2.05) is 18.2 Å². The van der Waals surface area contributed by atoms with Crippen molar-refractivity contribution in [3.63, 3.8) is 0 Å². The number of nitrogens with one attached hydrogen (secondary N) is 1. The van der Waals surface area contributed by atoms with Crippen molar-refractivity contribution in [1.29, 1.82) is 0 Å². The van der Waals surface area contributed by atoms with Gasteiger partial charge in [0.15, 0.2) is 0 Å². The Labute approximate surface area is 83.3 Å². The summed E-state index contributed by atoms with van der Waals surface area (Å²) in [6.45, 7) is 2.83. The molecule has 0 aromatic heterocycles. The molecule has 0 saturated carbocycles. The van der Waals surface area contributed by atoms with Crippen LogP contribution in [0.1, 0.15) is 11.6 Å². The molecule has 1 heterocycles. The van der Waals surface area contributed by atoms with Gasteiger partial charge >= 0.3 is 0 Å². The highest BCUT2D eigenvalue weighted by Crippen LogP contribution is 2.18. The van der Waals surface area contributed by atoms with Crippen molar-refractivity contribution in [3.05, 3.63) is 34.9 Å². The van der Waals surface area contributed by atoms with Crippen molar-refractivity contribution in [1.82, 2.24) is 10.6 Å². The summed E-state index contributed by atoms with van der Waals surface area (Å²) in [6, 6.07) is 8.21. The second-order valence-electron chi connectivity index (χ2n) is 3.18. The maximum Gasteiger partial charge on any atom is 0.0621 e. The zero-order chi connectivity index (χ0) is 9.10. The smallest absolute Gasteiger partial charge is 0.0621 e. The van der Waals surface area contributed by atoms with Crippen molar-refractivity contribution >= 4 is 11.6 Å². The van der Waals surface area contributed by atoms with Gasteiger partial charge in [0.2, 0.25) is 0 Å². The third-order valence-electron chi connectivity index (χ3n) is 2.21. The molecule has 1 aliphatic rings. The van der Waals surface area contributed by atoms with Crippen LogP contribution in [0.25, 0.3) is 0 Å². The Hall–Kier alpha value is -0.570. The first kappa shape index (κ1) is 9.00.